The first-order chi connectivity index (χ1) is 12.7. The fourth-order valence-electron chi connectivity index (χ4n) is 3.04. The molecule has 0 bridgehead atoms. The molecule has 7 nitrogen and oxygen atoms in total. The van der Waals surface area contributed by atoms with Crippen molar-refractivity contribution in [1.82, 2.24) is 24.8 Å². The Bertz CT molecular complexity index is 1050. The number of carbonyl (C=O) groups is 1. The van der Waals surface area contributed by atoms with Crippen molar-refractivity contribution in [2.45, 2.75) is 19.9 Å². The van der Waals surface area contributed by atoms with E-state index in [1.807, 2.05) is 43.5 Å². The molecule has 130 valence electrons. The molecular formula is C19H18N6O. The Balaban J connectivity index is 1.41. The lowest BCUT2D eigenvalue weighted by Crippen LogP contribution is -2.14. The third-order valence-electron chi connectivity index (χ3n) is 4.34. The zero-order valence-corrected chi connectivity index (χ0v) is 14.3. The van der Waals surface area contributed by atoms with E-state index < -0.39 is 0 Å². The highest BCUT2D eigenvalue weighted by Gasteiger charge is 2.08. The summed E-state index contributed by atoms with van der Waals surface area (Å²) in [6, 6.07) is 15.9. The normalized spacial score (nSPS) is 11.0. The number of benzene rings is 2. The van der Waals surface area contributed by atoms with Crippen molar-refractivity contribution < 1.29 is 4.79 Å². The van der Waals surface area contributed by atoms with Gasteiger partial charge in [0.15, 0.2) is 0 Å². The predicted octanol–water partition coefficient (Wildman–Crippen LogP) is 2.95. The average molecular weight is 346 g/mol. The van der Waals surface area contributed by atoms with Gasteiger partial charge in [-0.1, -0.05) is 18.2 Å². The first kappa shape index (κ1) is 16.0. The molecule has 0 aliphatic carbocycles. The van der Waals surface area contributed by atoms with Crippen LogP contribution in [0.2, 0.25) is 0 Å². The molecule has 0 saturated carbocycles. The molecule has 1 N–H and O–H groups in total. The lowest BCUT2D eigenvalue weighted by molar-refractivity contribution is -0.116. The topological polar surface area (TPSA) is 77.6 Å². The molecule has 1 amide bonds. The Morgan fingerprint density at radius 3 is 2.85 bits per heavy atom. The number of nitrogens with zero attached hydrogens (tertiary/aromatic N) is 5. The lowest BCUT2D eigenvalue weighted by atomic mass is 10.1. The molecule has 7 heteroatoms. The maximum atomic E-state index is 12.3. The van der Waals surface area contributed by atoms with Crippen LogP contribution in [-0.2, 0) is 11.3 Å². The van der Waals surface area contributed by atoms with E-state index in [9.17, 15) is 4.79 Å². The van der Waals surface area contributed by atoms with Gasteiger partial charge in [-0.25, -0.2) is 4.68 Å². The van der Waals surface area contributed by atoms with E-state index in [2.05, 4.69) is 43.6 Å². The number of carbonyl (C=O) groups excluding carboxylic acids is 1. The average Bonchev–Trinajstić information content (AvgIpc) is 3.30. The molecule has 0 radical (unpaired) electrons. The highest BCUT2D eigenvalue weighted by atomic mass is 16.1. The van der Waals surface area contributed by atoms with Crippen LogP contribution < -0.4 is 5.32 Å². The second kappa shape index (κ2) is 6.79. The summed E-state index contributed by atoms with van der Waals surface area (Å²) in [5.74, 6) is -0.0163. The fourth-order valence-corrected chi connectivity index (χ4v) is 3.04. The lowest BCUT2D eigenvalue weighted by Gasteiger charge is -2.10. The molecule has 0 atom stereocenters. The molecule has 0 spiro atoms. The summed E-state index contributed by atoms with van der Waals surface area (Å²) in [5.41, 5.74) is 3.77. The van der Waals surface area contributed by atoms with Crippen LogP contribution in [0.1, 0.15) is 12.0 Å². The van der Waals surface area contributed by atoms with E-state index in [0.29, 0.717) is 13.0 Å². The van der Waals surface area contributed by atoms with Crippen LogP contribution in [0.5, 0.6) is 0 Å². The number of aryl methyl sites for hydroxylation is 2. The molecule has 4 rings (SSSR count). The van der Waals surface area contributed by atoms with E-state index in [1.165, 1.54) is 5.39 Å². The fraction of sp³-hybridized carbons (Fsp3) is 0.158. The van der Waals surface area contributed by atoms with Crippen LogP contribution in [0.25, 0.3) is 16.6 Å². The van der Waals surface area contributed by atoms with Gasteiger partial charge in [0.05, 0.1) is 5.69 Å². The smallest absolute Gasteiger partial charge is 0.226 e. The maximum Gasteiger partial charge on any atom is 0.226 e. The molecular weight excluding hydrogens is 328 g/mol. The monoisotopic (exact) mass is 346 g/mol. The molecule has 0 aliphatic heterocycles. The number of amides is 1. The van der Waals surface area contributed by atoms with Gasteiger partial charge in [-0.05, 0) is 58.6 Å². The number of rotatable bonds is 5. The SMILES string of the molecule is Cc1cc(NC(=O)CCn2ccc3ccccc32)ccc1-n1cnnn1. The minimum Gasteiger partial charge on any atom is -0.347 e. The van der Waals surface area contributed by atoms with Crippen molar-refractivity contribution in [1.29, 1.82) is 0 Å². The van der Waals surface area contributed by atoms with E-state index in [1.54, 1.807) is 11.0 Å². The Morgan fingerprint density at radius 1 is 1.15 bits per heavy atom. The largest absolute Gasteiger partial charge is 0.347 e. The molecule has 26 heavy (non-hydrogen) atoms. The third-order valence-corrected chi connectivity index (χ3v) is 4.34. The number of para-hydroxylation sites is 1. The quantitative estimate of drug-likeness (QED) is 0.603. The van der Waals surface area contributed by atoms with Crippen molar-refractivity contribution in [3.05, 3.63) is 66.6 Å². The van der Waals surface area contributed by atoms with Gasteiger partial charge in [-0.15, -0.1) is 5.10 Å². The number of anilines is 1. The standard InChI is InChI=1S/C19H18N6O/c1-14-12-16(6-7-17(14)25-13-20-22-23-25)21-19(26)9-11-24-10-8-15-4-2-3-5-18(15)24/h2-8,10,12-13H,9,11H2,1H3,(H,21,26). The second-order valence-electron chi connectivity index (χ2n) is 6.12. The van der Waals surface area contributed by atoms with Crippen LogP contribution in [0.4, 0.5) is 5.69 Å². The molecule has 0 fully saturated rings. The molecule has 2 heterocycles. The summed E-state index contributed by atoms with van der Waals surface area (Å²) in [7, 11) is 0. The van der Waals surface area contributed by atoms with Crippen LogP contribution in [0.3, 0.4) is 0 Å². The molecule has 0 saturated heterocycles. The Morgan fingerprint density at radius 2 is 2.04 bits per heavy atom. The van der Waals surface area contributed by atoms with Gasteiger partial charge in [0.25, 0.3) is 0 Å². The van der Waals surface area contributed by atoms with Gasteiger partial charge in [0, 0.05) is 30.4 Å². The molecule has 2 aromatic heterocycles. The van der Waals surface area contributed by atoms with E-state index in [0.717, 1.165) is 22.5 Å². The van der Waals surface area contributed by atoms with Gasteiger partial charge in [0.2, 0.25) is 5.91 Å². The van der Waals surface area contributed by atoms with Gasteiger partial charge < -0.3 is 9.88 Å². The number of nitrogens with one attached hydrogen (secondary N) is 1. The first-order valence-corrected chi connectivity index (χ1v) is 8.38. The van der Waals surface area contributed by atoms with Crippen molar-refractivity contribution in [3.63, 3.8) is 0 Å². The number of fused-ring (bicyclic) bond motifs is 1. The zero-order chi connectivity index (χ0) is 17.9. The predicted molar refractivity (Wildman–Crippen MR) is 99.1 cm³/mol. The van der Waals surface area contributed by atoms with Gasteiger partial charge >= 0.3 is 0 Å². The summed E-state index contributed by atoms with van der Waals surface area (Å²) in [5, 5.41) is 15.3. The zero-order valence-electron chi connectivity index (χ0n) is 14.3. The second-order valence-corrected chi connectivity index (χ2v) is 6.12. The minimum absolute atomic E-state index is 0.0163. The van der Waals surface area contributed by atoms with Gasteiger partial charge in [-0.3, -0.25) is 4.79 Å². The minimum atomic E-state index is -0.0163. The summed E-state index contributed by atoms with van der Waals surface area (Å²) in [6.07, 6.45) is 3.97. The summed E-state index contributed by atoms with van der Waals surface area (Å²) in [4.78, 5) is 12.3. The van der Waals surface area contributed by atoms with Crippen LogP contribution in [0.15, 0.2) is 61.1 Å². The van der Waals surface area contributed by atoms with Crippen molar-refractivity contribution >= 4 is 22.5 Å². The van der Waals surface area contributed by atoms with E-state index >= 15 is 0 Å². The highest BCUT2D eigenvalue weighted by Crippen LogP contribution is 2.19. The number of hydrogen-bond donors (Lipinski definition) is 1. The summed E-state index contributed by atoms with van der Waals surface area (Å²) in [6.45, 7) is 2.60. The molecule has 0 aliphatic rings. The van der Waals surface area contributed by atoms with Crippen LogP contribution in [0, 0.1) is 6.92 Å². The van der Waals surface area contributed by atoms with Crippen LogP contribution >= 0.6 is 0 Å². The maximum absolute atomic E-state index is 12.3. The summed E-state index contributed by atoms with van der Waals surface area (Å²) < 4.78 is 3.69. The number of tetrazole rings is 1. The van der Waals surface area contributed by atoms with Gasteiger partial charge in [0.1, 0.15) is 6.33 Å². The van der Waals surface area contributed by atoms with Crippen LogP contribution in [-0.4, -0.2) is 30.7 Å². The molecule has 4 aromatic rings. The van der Waals surface area contributed by atoms with Crippen molar-refractivity contribution in [2.24, 2.45) is 0 Å². The van der Waals surface area contributed by atoms with Crippen molar-refractivity contribution in [3.8, 4) is 5.69 Å². The highest BCUT2D eigenvalue weighted by molar-refractivity contribution is 5.91. The Hall–Kier alpha value is -3.48. The molecule has 0 unspecified atom stereocenters. The van der Waals surface area contributed by atoms with Crippen molar-refractivity contribution in [2.75, 3.05) is 5.32 Å². The first-order valence-electron chi connectivity index (χ1n) is 8.38. The van der Waals surface area contributed by atoms with E-state index in [-0.39, 0.29) is 5.91 Å². The number of aromatic nitrogens is 5. The molecule has 2 aromatic carbocycles. The Kier molecular flexibility index (Phi) is 4.18. The van der Waals surface area contributed by atoms with E-state index in [4.69, 9.17) is 0 Å². The third kappa shape index (κ3) is 3.19. The van der Waals surface area contributed by atoms with Gasteiger partial charge in [-0.2, -0.15) is 0 Å². The summed E-state index contributed by atoms with van der Waals surface area (Å²) >= 11 is 0. The Labute approximate surface area is 150 Å². The number of hydrogen-bond acceptors (Lipinski definition) is 4.